The van der Waals surface area contributed by atoms with Crippen LogP contribution in [0.25, 0.3) is 11.0 Å². The lowest BCUT2D eigenvalue weighted by Gasteiger charge is -2.04. The van der Waals surface area contributed by atoms with Gasteiger partial charge in [-0.05, 0) is 24.1 Å². The first-order valence-electron chi connectivity index (χ1n) is 4.77. The van der Waals surface area contributed by atoms with E-state index in [-0.39, 0.29) is 5.28 Å². The van der Waals surface area contributed by atoms with Gasteiger partial charge in [0.05, 0.1) is 11.6 Å². The van der Waals surface area contributed by atoms with Gasteiger partial charge in [0.25, 0.3) is 0 Å². The second-order valence-electron chi connectivity index (χ2n) is 3.29. The first-order chi connectivity index (χ1) is 7.72. The van der Waals surface area contributed by atoms with Crippen LogP contribution in [0.4, 0.5) is 0 Å². The molecule has 16 heavy (non-hydrogen) atoms. The number of fused-ring (bicyclic) bond motifs is 1. The van der Waals surface area contributed by atoms with Crippen LogP contribution in [0.15, 0.2) is 12.3 Å². The van der Waals surface area contributed by atoms with E-state index in [2.05, 4.69) is 16.0 Å². The summed E-state index contributed by atoms with van der Waals surface area (Å²) in [5.41, 5.74) is 1.49. The fourth-order valence-electron chi connectivity index (χ4n) is 1.55. The molecule has 0 amide bonds. The number of aromatic nitrogens is 3. The van der Waals surface area contributed by atoms with Gasteiger partial charge >= 0.3 is 0 Å². The quantitative estimate of drug-likeness (QED) is 0.481. The Kier molecular flexibility index (Phi) is 3.28. The van der Waals surface area contributed by atoms with Gasteiger partial charge in [-0.15, -0.1) is 0 Å². The van der Waals surface area contributed by atoms with Crippen molar-refractivity contribution in [2.45, 2.75) is 19.4 Å². The third kappa shape index (κ3) is 2.11. The fraction of sp³-hybridized carbons (Fsp3) is 0.300. The van der Waals surface area contributed by atoms with E-state index in [9.17, 15) is 0 Å². The molecule has 0 aromatic carbocycles. The number of unbranched alkanes of at least 4 members (excludes halogenated alkanes) is 1. The van der Waals surface area contributed by atoms with Gasteiger partial charge in [-0.1, -0.05) is 11.6 Å². The van der Waals surface area contributed by atoms with Crippen LogP contribution in [0, 0.1) is 11.3 Å². The third-order valence-electron chi connectivity index (χ3n) is 2.23. The molecular weight excluding hydrogens is 247 g/mol. The molecule has 2 rings (SSSR count). The molecule has 0 bridgehead atoms. The first kappa shape index (κ1) is 11.2. The zero-order valence-electron chi connectivity index (χ0n) is 8.32. The molecular formula is C10H8Cl2N4. The summed E-state index contributed by atoms with van der Waals surface area (Å²) in [7, 11) is 0. The van der Waals surface area contributed by atoms with Crippen LogP contribution in [-0.4, -0.2) is 14.5 Å². The molecule has 0 aliphatic heterocycles. The van der Waals surface area contributed by atoms with Gasteiger partial charge < -0.3 is 4.57 Å². The van der Waals surface area contributed by atoms with Crippen LogP contribution in [0.1, 0.15) is 12.8 Å². The van der Waals surface area contributed by atoms with Gasteiger partial charge in [0.15, 0.2) is 5.15 Å². The second kappa shape index (κ2) is 4.69. The Morgan fingerprint density at radius 2 is 2.19 bits per heavy atom. The molecule has 0 radical (unpaired) electrons. The van der Waals surface area contributed by atoms with E-state index in [1.807, 2.05) is 16.8 Å². The van der Waals surface area contributed by atoms with E-state index >= 15 is 0 Å². The lowest BCUT2D eigenvalue weighted by molar-refractivity contribution is 0.673. The summed E-state index contributed by atoms with van der Waals surface area (Å²) in [6.07, 6.45) is 3.17. The molecule has 0 unspecified atom stereocenters. The maximum atomic E-state index is 8.47. The number of aryl methyl sites for hydroxylation is 1. The highest BCUT2D eigenvalue weighted by atomic mass is 35.5. The molecule has 0 aliphatic carbocycles. The van der Waals surface area contributed by atoms with Crippen LogP contribution in [0.5, 0.6) is 0 Å². The maximum absolute atomic E-state index is 8.47. The fourth-order valence-corrected chi connectivity index (χ4v) is 2.05. The Hall–Kier alpha value is -1.31. The van der Waals surface area contributed by atoms with E-state index in [1.165, 1.54) is 0 Å². The van der Waals surface area contributed by atoms with Crippen molar-refractivity contribution in [1.29, 1.82) is 5.26 Å². The van der Waals surface area contributed by atoms with E-state index in [1.54, 1.807) is 0 Å². The zero-order valence-corrected chi connectivity index (χ0v) is 9.83. The number of rotatable bonds is 3. The summed E-state index contributed by atoms with van der Waals surface area (Å²) < 4.78 is 1.94. The maximum Gasteiger partial charge on any atom is 0.224 e. The molecule has 0 saturated carbocycles. The molecule has 82 valence electrons. The molecule has 2 heterocycles. The van der Waals surface area contributed by atoms with Gasteiger partial charge in [-0.2, -0.15) is 5.26 Å². The molecule has 2 aromatic rings. The van der Waals surface area contributed by atoms with Crippen molar-refractivity contribution >= 4 is 34.2 Å². The van der Waals surface area contributed by atoms with Gasteiger partial charge in [0, 0.05) is 19.2 Å². The van der Waals surface area contributed by atoms with Crippen LogP contribution in [0.2, 0.25) is 10.4 Å². The van der Waals surface area contributed by atoms with E-state index < -0.39 is 0 Å². The average Bonchev–Trinajstić information content (AvgIpc) is 2.62. The van der Waals surface area contributed by atoms with Gasteiger partial charge in [0.2, 0.25) is 5.28 Å². The smallest absolute Gasteiger partial charge is 0.224 e. The van der Waals surface area contributed by atoms with Crippen molar-refractivity contribution in [2.24, 2.45) is 0 Å². The minimum atomic E-state index is 0.146. The number of nitriles is 1. The Morgan fingerprint density at radius 3 is 2.94 bits per heavy atom. The van der Waals surface area contributed by atoms with E-state index in [0.717, 1.165) is 24.0 Å². The highest BCUT2D eigenvalue weighted by Crippen LogP contribution is 2.23. The van der Waals surface area contributed by atoms with Gasteiger partial charge in [0.1, 0.15) is 5.52 Å². The molecule has 0 spiro atoms. The number of halogens is 2. The van der Waals surface area contributed by atoms with Crippen LogP contribution < -0.4 is 0 Å². The number of hydrogen-bond acceptors (Lipinski definition) is 3. The number of hydrogen-bond donors (Lipinski definition) is 0. The summed E-state index contributed by atoms with van der Waals surface area (Å²) in [6.45, 7) is 0.724. The standard InChI is InChI=1S/C10H8Cl2N4/c11-9-8-7(14-10(12)15-9)3-6-16(8)5-2-1-4-13/h3,6H,1-2,5H2. The summed E-state index contributed by atoms with van der Waals surface area (Å²) in [6, 6.07) is 3.94. The Labute approximate surface area is 102 Å². The molecule has 0 fully saturated rings. The molecule has 0 saturated heterocycles. The lowest BCUT2D eigenvalue weighted by atomic mass is 10.3. The van der Waals surface area contributed by atoms with Gasteiger partial charge in [-0.25, -0.2) is 9.97 Å². The SMILES string of the molecule is N#CCCCn1ccc2nc(Cl)nc(Cl)c21. The molecule has 4 nitrogen and oxygen atoms in total. The summed E-state index contributed by atoms with van der Waals surface area (Å²) >= 11 is 11.7. The second-order valence-corrected chi connectivity index (χ2v) is 3.98. The predicted molar refractivity (Wildman–Crippen MR) is 62.4 cm³/mol. The van der Waals surface area contributed by atoms with Crippen molar-refractivity contribution < 1.29 is 0 Å². The largest absolute Gasteiger partial charge is 0.344 e. The normalized spacial score (nSPS) is 10.6. The van der Waals surface area contributed by atoms with E-state index in [0.29, 0.717) is 11.6 Å². The highest BCUT2D eigenvalue weighted by molar-refractivity contribution is 6.35. The van der Waals surface area contributed by atoms with Gasteiger partial charge in [-0.3, -0.25) is 0 Å². The molecule has 6 heteroatoms. The van der Waals surface area contributed by atoms with E-state index in [4.69, 9.17) is 28.5 Å². The first-order valence-corrected chi connectivity index (χ1v) is 5.53. The molecule has 0 atom stereocenters. The highest BCUT2D eigenvalue weighted by Gasteiger charge is 2.09. The topological polar surface area (TPSA) is 54.5 Å². The minimum absolute atomic E-state index is 0.146. The Bertz CT molecular complexity index is 556. The predicted octanol–water partition coefficient (Wildman–Crippen LogP) is 3.04. The van der Waals surface area contributed by atoms with Crippen molar-refractivity contribution in [3.8, 4) is 6.07 Å². The third-order valence-corrected chi connectivity index (χ3v) is 2.66. The van der Waals surface area contributed by atoms with Crippen molar-refractivity contribution in [3.05, 3.63) is 22.7 Å². The summed E-state index contributed by atoms with van der Waals surface area (Å²) in [5, 5.41) is 8.96. The minimum Gasteiger partial charge on any atom is -0.344 e. The van der Waals surface area contributed by atoms with Crippen molar-refractivity contribution in [3.63, 3.8) is 0 Å². The summed E-state index contributed by atoms with van der Waals surface area (Å²) in [4.78, 5) is 7.97. The molecule has 0 aliphatic rings. The Morgan fingerprint density at radius 1 is 1.38 bits per heavy atom. The molecule has 0 N–H and O–H groups in total. The van der Waals surface area contributed by atoms with Crippen LogP contribution in [-0.2, 0) is 6.54 Å². The Balaban J connectivity index is 2.37. The summed E-state index contributed by atoms with van der Waals surface area (Å²) in [5.74, 6) is 0. The van der Waals surface area contributed by atoms with Crippen LogP contribution >= 0.6 is 23.2 Å². The molecule has 2 aromatic heterocycles. The van der Waals surface area contributed by atoms with Crippen molar-refractivity contribution in [1.82, 2.24) is 14.5 Å². The average molecular weight is 255 g/mol. The monoisotopic (exact) mass is 254 g/mol. The lowest BCUT2D eigenvalue weighted by Crippen LogP contribution is -1.97. The number of nitrogens with zero attached hydrogens (tertiary/aromatic N) is 4. The van der Waals surface area contributed by atoms with Crippen LogP contribution in [0.3, 0.4) is 0 Å². The zero-order chi connectivity index (χ0) is 11.5. The van der Waals surface area contributed by atoms with Crippen molar-refractivity contribution in [2.75, 3.05) is 0 Å².